The molecule has 1 aliphatic heterocycles. The van der Waals surface area contributed by atoms with Crippen LogP contribution in [0.1, 0.15) is 70.5 Å². The summed E-state index contributed by atoms with van der Waals surface area (Å²) in [7, 11) is 3.36. The second-order valence-electron chi connectivity index (χ2n) is 8.92. The van der Waals surface area contributed by atoms with E-state index in [0.29, 0.717) is 13.0 Å². The summed E-state index contributed by atoms with van der Waals surface area (Å²) in [6.45, 7) is 6.89. The van der Waals surface area contributed by atoms with E-state index < -0.39 is 6.10 Å². The van der Waals surface area contributed by atoms with Crippen LogP contribution in [0, 0.1) is 0 Å². The third-order valence-electron chi connectivity index (χ3n) is 6.07. The lowest BCUT2D eigenvalue weighted by Gasteiger charge is -2.29. The van der Waals surface area contributed by atoms with Gasteiger partial charge in [-0.15, -0.1) is 0 Å². The van der Waals surface area contributed by atoms with Gasteiger partial charge in [0.15, 0.2) is 0 Å². The van der Waals surface area contributed by atoms with E-state index in [1.807, 2.05) is 24.3 Å². The highest BCUT2D eigenvalue weighted by Crippen LogP contribution is 2.23. The minimum Gasteiger partial charge on any atom is -0.497 e. The molecule has 0 aromatic heterocycles. The Balaban J connectivity index is 1.87. The van der Waals surface area contributed by atoms with Gasteiger partial charge in [-0.1, -0.05) is 25.0 Å². The standard InChI is InChI=1S/C24H40N2O4/c1-24(2,30-4)15-7-5-6-10-22(27)25-21(18-26-16-8-9-17-26)23(28)19-11-13-20(29-3)14-12-19/h11-14,21,23,28H,5-10,15-18H2,1-4H3,(H,25,27)/t21-,23-/m1/s1. The van der Waals surface area contributed by atoms with Crippen LogP contribution < -0.4 is 10.1 Å². The number of hydrogen-bond acceptors (Lipinski definition) is 5. The van der Waals surface area contributed by atoms with Crippen molar-refractivity contribution in [2.45, 2.75) is 76.5 Å². The van der Waals surface area contributed by atoms with Crippen LogP contribution >= 0.6 is 0 Å². The van der Waals surface area contributed by atoms with Crippen molar-refractivity contribution in [1.82, 2.24) is 10.2 Å². The monoisotopic (exact) mass is 420 g/mol. The molecule has 1 amide bonds. The van der Waals surface area contributed by atoms with Gasteiger partial charge >= 0.3 is 0 Å². The number of nitrogens with zero attached hydrogens (tertiary/aromatic N) is 1. The van der Waals surface area contributed by atoms with E-state index in [2.05, 4.69) is 24.1 Å². The number of amides is 1. The Morgan fingerprint density at radius 2 is 1.80 bits per heavy atom. The molecule has 1 saturated heterocycles. The third kappa shape index (κ3) is 8.25. The number of hydrogen-bond donors (Lipinski definition) is 2. The summed E-state index contributed by atoms with van der Waals surface area (Å²) in [4.78, 5) is 14.9. The fourth-order valence-corrected chi connectivity index (χ4v) is 3.90. The first-order valence-electron chi connectivity index (χ1n) is 11.2. The lowest BCUT2D eigenvalue weighted by atomic mass is 9.99. The Labute approximate surface area is 181 Å². The molecule has 6 heteroatoms. The molecule has 1 heterocycles. The molecule has 30 heavy (non-hydrogen) atoms. The zero-order valence-corrected chi connectivity index (χ0v) is 19.2. The summed E-state index contributed by atoms with van der Waals surface area (Å²) >= 11 is 0. The van der Waals surface area contributed by atoms with Crippen molar-refractivity contribution in [3.05, 3.63) is 29.8 Å². The minimum absolute atomic E-state index is 0.0118. The number of ether oxygens (including phenoxy) is 2. The summed E-state index contributed by atoms with van der Waals surface area (Å²) < 4.78 is 10.7. The molecular weight excluding hydrogens is 380 g/mol. The first-order valence-corrected chi connectivity index (χ1v) is 11.2. The van der Waals surface area contributed by atoms with Crippen LogP contribution in [0.3, 0.4) is 0 Å². The smallest absolute Gasteiger partial charge is 0.220 e. The number of unbranched alkanes of at least 4 members (excludes halogenated alkanes) is 2. The first-order chi connectivity index (χ1) is 14.3. The van der Waals surface area contributed by atoms with Crippen molar-refractivity contribution in [2.75, 3.05) is 33.9 Å². The average molecular weight is 421 g/mol. The van der Waals surface area contributed by atoms with Gasteiger partial charge in [0.05, 0.1) is 18.8 Å². The number of rotatable bonds is 13. The molecule has 1 aromatic rings. The Morgan fingerprint density at radius 3 is 2.40 bits per heavy atom. The number of benzene rings is 1. The van der Waals surface area contributed by atoms with Gasteiger partial charge in [0.1, 0.15) is 11.9 Å². The van der Waals surface area contributed by atoms with Crippen LogP contribution in [-0.4, -0.2) is 61.4 Å². The van der Waals surface area contributed by atoms with E-state index in [4.69, 9.17) is 9.47 Å². The van der Waals surface area contributed by atoms with E-state index in [9.17, 15) is 9.90 Å². The van der Waals surface area contributed by atoms with Gasteiger partial charge in [0.2, 0.25) is 5.91 Å². The van der Waals surface area contributed by atoms with E-state index >= 15 is 0 Å². The lowest BCUT2D eigenvalue weighted by Crippen LogP contribution is -2.46. The zero-order chi connectivity index (χ0) is 22.0. The second kappa shape index (κ2) is 12.3. The molecule has 0 unspecified atom stereocenters. The zero-order valence-electron chi connectivity index (χ0n) is 19.2. The number of aliphatic hydroxyl groups excluding tert-OH is 1. The number of carbonyl (C=O) groups is 1. The van der Waals surface area contributed by atoms with Gasteiger partial charge in [-0.2, -0.15) is 0 Å². The van der Waals surface area contributed by atoms with Crippen LogP contribution in [0.4, 0.5) is 0 Å². The Bertz CT molecular complexity index is 627. The minimum atomic E-state index is -0.747. The summed E-state index contributed by atoms with van der Waals surface area (Å²) in [5.74, 6) is 0.764. The van der Waals surface area contributed by atoms with E-state index in [1.54, 1.807) is 14.2 Å². The molecule has 0 bridgehead atoms. The van der Waals surface area contributed by atoms with Gasteiger partial charge in [-0.3, -0.25) is 4.79 Å². The largest absolute Gasteiger partial charge is 0.497 e. The Hall–Kier alpha value is -1.63. The molecule has 0 aliphatic carbocycles. The predicted molar refractivity (Wildman–Crippen MR) is 120 cm³/mol. The molecule has 1 aliphatic rings. The van der Waals surface area contributed by atoms with Crippen molar-refractivity contribution in [2.24, 2.45) is 0 Å². The molecule has 0 spiro atoms. The molecule has 0 saturated carbocycles. The molecular formula is C24H40N2O4. The number of methoxy groups -OCH3 is 2. The van der Waals surface area contributed by atoms with Crippen LogP contribution in [0.2, 0.25) is 0 Å². The number of carbonyl (C=O) groups excluding carboxylic acids is 1. The molecule has 2 N–H and O–H groups in total. The molecule has 1 fully saturated rings. The molecule has 1 aromatic carbocycles. The van der Waals surface area contributed by atoms with Gasteiger partial charge in [0.25, 0.3) is 0 Å². The fraction of sp³-hybridized carbons (Fsp3) is 0.708. The summed E-state index contributed by atoms with van der Waals surface area (Å²) in [5, 5.41) is 14.1. The average Bonchev–Trinajstić information content (AvgIpc) is 3.25. The van der Waals surface area contributed by atoms with Gasteiger partial charge < -0.3 is 24.8 Å². The van der Waals surface area contributed by atoms with Crippen molar-refractivity contribution in [3.63, 3.8) is 0 Å². The van der Waals surface area contributed by atoms with Gasteiger partial charge in [0, 0.05) is 20.1 Å². The Morgan fingerprint density at radius 1 is 1.13 bits per heavy atom. The van der Waals surface area contributed by atoms with Crippen molar-refractivity contribution in [3.8, 4) is 5.75 Å². The van der Waals surface area contributed by atoms with Gasteiger partial charge in [-0.05, 0) is 70.3 Å². The second-order valence-corrected chi connectivity index (χ2v) is 8.92. The predicted octanol–water partition coefficient (Wildman–Crippen LogP) is 3.68. The summed E-state index contributed by atoms with van der Waals surface area (Å²) in [6.07, 6.45) is 5.97. The maximum Gasteiger partial charge on any atom is 0.220 e. The van der Waals surface area contributed by atoms with Crippen LogP contribution in [0.5, 0.6) is 5.75 Å². The summed E-state index contributed by atoms with van der Waals surface area (Å²) in [6, 6.07) is 7.09. The first kappa shape index (κ1) is 24.6. The maximum atomic E-state index is 12.6. The number of nitrogens with one attached hydrogen (secondary N) is 1. The fourth-order valence-electron chi connectivity index (χ4n) is 3.90. The molecule has 6 nitrogen and oxygen atoms in total. The van der Waals surface area contributed by atoms with Crippen LogP contribution in [-0.2, 0) is 9.53 Å². The quantitative estimate of drug-likeness (QED) is 0.476. The third-order valence-corrected chi connectivity index (χ3v) is 6.07. The van der Waals surface area contributed by atoms with Crippen molar-refractivity contribution < 1.29 is 19.4 Å². The SMILES string of the molecule is COc1ccc([C@@H](O)[C@@H](CN2CCCC2)NC(=O)CCCCCC(C)(C)OC)cc1. The van der Waals surface area contributed by atoms with Crippen molar-refractivity contribution >= 4 is 5.91 Å². The van der Waals surface area contributed by atoms with E-state index in [1.165, 1.54) is 12.8 Å². The van der Waals surface area contributed by atoms with Crippen LogP contribution in [0.25, 0.3) is 0 Å². The van der Waals surface area contributed by atoms with E-state index in [-0.39, 0.29) is 17.6 Å². The van der Waals surface area contributed by atoms with Gasteiger partial charge in [-0.25, -0.2) is 0 Å². The lowest BCUT2D eigenvalue weighted by molar-refractivity contribution is -0.123. The highest BCUT2D eigenvalue weighted by atomic mass is 16.5. The number of likely N-dealkylation sites (tertiary alicyclic amines) is 1. The highest BCUT2D eigenvalue weighted by Gasteiger charge is 2.26. The Kier molecular flexibility index (Phi) is 10.1. The molecule has 0 radical (unpaired) electrons. The van der Waals surface area contributed by atoms with E-state index in [0.717, 1.165) is 50.1 Å². The molecule has 170 valence electrons. The molecule has 2 rings (SSSR count). The maximum absolute atomic E-state index is 12.6. The molecule has 2 atom stereocenters. The highest BCUT2D eigenvalue weighted by molar-refractivity contribution is 5.76. The van der Waals surface area contributed by atoms with Crippen molar-refractivity contribution in [1.29, 1.82) is 0 Å². The van der Waals surface area contributed by atoms with Crippen LogP contribution in [0.15, 0.2) is 24.3 Å². The summed E-state index contributed by atoms with van der Waals surface area (Å²) in [5.41, 5.74) is 0.688. The topological polar surface area (TPSA) is 71.0 Å². The number of aliphatic hydroxyl groups is 1. The normalized spacial score (nSPS) is 17.0.